The van der Waals surface area contributed by atoms with Gasteiger partial charge in [0, 0.05) is 57.1 Å². The number of hydrogen-bond donors (Lipinski definition) is 2. The van der Waals surface area contributed by atoms with E-state index in [9.17, 15) is 4.79 Å². The number of nitrogens with one attached hydrogen (secondary N) is 2. The summed E-state index contributed by atoms with van der Waals surface area (Å²) in [6.07, 6.45) is 6.11. The molecular weight excluding hydrogens is 453 g/mol. The van der Waals surface area contributed by atoms with E-state index in [0.29, 0.717) is 12.1 Å². The fraction of sp³-hybridized carbons (Fsp3) is 0.700. The minimum Gasteiger partial charge on any atom is -0.357 e. The van der Waals surface area contributed by atoms with Gasteiger partial charge in [0.1, 0.15) is 0 Å². The number of rotatable bonds is 8. The molecule has 0 aromatic carbocycles. The van der Waals surface area contributed by atoms with Crippen LogP contribution in [0.1, 0.15) is 46.5 Å². The lowest BCUT2D eigenvalue weighted by atomic mass is 10.0. The fourth-order valence-electron chi connectivity index (χ4n) is 3.30. The molecule has 1 saturated heterocycles. The Bertz CT molecular complexity index is 608. The highest BCUT2D eigenvalue weighted by molar-refractivity contribution is 14.0. The molecule has 0 atom stereocenters. The molecule has 0 saturated carbocycles. The van der Waals surface area contributed by atoms with Crippen LogP contribution in [0.3, 0.4) is 0 Å². The third-order valence-electron chi connectivity index (χ3n) is 4.92. The largest absolute Gasteiger partial charge is 0.357 e. The minimum atomic E-state index is 0. The maximum absolute atomic E-state index is 11.7. The van der Waals surface area contributed by atoms with E-state index in [0.717, 1.165) is 51.5 Å². The molecular formula is C20H36IN5O. The summed E-state index contributed by atoms with van der Waals surface area (Å²) in [6, 6.07) is 6.43. The Hall–Kier alpha value is -1.09. The van der Waals surface area contributed by atoms with Gasteiger partial charge in [-0.15, -0.1) is 24.0 Å². The molecule has 154 valence electrons. The summed E-state index contributed by atoms with van der Waals surface area (Å²) in [5.74, 6) is 0.923. The van der Waals surface area contributed by atoms with Crippen LogP contribution in [0.4, 0.5) is 0 Å². The first kappa shape index (κ1) is 23.9. The van der Waals surface area contributed by atoms with E-state index in [1.807, 2.05) is 12.3 Å². The summed E-state index contributed by atoms with van der Waals surface area (Å²) in [5.41, 5.74) is 0.0683. The van der Waals surface area contributed by atoms with E-state index >= 15 is 0 Å². The molecule has 0 aliphatic carbocycles. The van der Waals surface area contributed by atoms with Gasteiger partial charge in [0.2, 0.25) is 5.56 Å². The van der Waals surface area contributed by atoms with Crippen LogP contribution >= 0.6 is 24.0 Å². The second-order valence-electron chi connectivity index (χ2n) is 7.25. The van der Waals surface area contributed by atoms with Crippen molar-refractivity contribution in [2.75, 3.05) is 26.2 Å². The van der Waals surface area contributed by atoms with E-state index in [-0.39, 0.29) is 29.5 Å². The molecule has 6 nitrogen and oxygen atoms in total. The van der Waals surface area contributed by atoms with Crippen molar-refractivity contribution in [2.45, 2.75) is 65.1 Å². The highest BCUT2D eigenvalue weighted by Crippen LogP contribution is 2.12. The number of nitrogens with zero attached hydrogens (tertiary/aromatic N) is 3. The number of halogens is 1. The zero-order valence-electron chi connectivity index (χ0n) is 17.0. The number of aryl methyl sites for hydroxylation is 1. The molecule has 1 aromatic heterocycles. The number of likely N-dealkylation sites (tertiary alicyclic amines) is 1. The maximum atomic E-state index is 11.7. The van der Waals surface area contributed by atoms with Gasteiger partial charge in [-0.3, -0.25) is 9.79 Å². The lowest BCUT2D eigenvalue weighted by Gasteiger charge is -2.35. The van der Waals surface area contributed by atoms with Gasteiger partial charge in [0.25, 0.3) is 0 Å². The van der Waals surface area contributed by atoms with Crippen LogP contribution in [0.5, 0.6) is 0 Å². The topological polar surface area (TPSA) is 61.7 Å². The molecule has 0 radical (unpaired) electrons. The second kappa shape index (κ2) is 13.1. The monoisotopic (exact) mass is 489 g/mol. The van der Waals surface area contributed by atoms with Crippen molar-refractivity contribution in [1.29, 1.82) is 0 Å². The first-order chi connectivity index (χ1) is 12.6. The summed E-state index contributed by atoms with van der Waals surface area (Å²) < 4.78 is 1.76. The van der Waals surface area contributed by atoms with Gasteiger partial charge in [-0.2, -0.15) is 0 Å². The number of guanidine groups is 1. The van der Waals surface area contributed by atoms with Crippen molar-refractivity contribution >= 4 is 29.9 Å². The van der Waals surface area contributed by atoms with E-state index < -0.39 is 0 Å². The maximum Gasteiger partial charge on any atom is 0.250 e. The number of piperidine rings is 1. The van der Waals surface area contributed by atoms with Crippen LogP contribution in [0.15, 0.2) is 34.2 Å². The van der Waals surface area contributed by atoms with Crippen LogP contribution in [0, 0.1) is 0 Å². The minimum absolute atomic E-state index is 0. The third-order valence-corrected chi connectivity index (χ3v) is 4.92. The van der Waals surface area contributed by atoms with Crippen LogP contribution in [0.25, 0.3) is 0 Å². The van der Waals surface area contributed by atoms with Crippen molar-refractivity contribution in [3.63, 3.8) is 0 Å². The van der Waals surface area contributed by atoms with Gasteiger partial charge in [0.15, 0.2) is 5.96 Å². The molecule has 0 amide bonds. The Morgan fingerprint density at radius 3 is 2.63 bits per heavy atom. The van der Waals surface area contributed by atoms with E-state index in [1.54, 1.807) is 16.7 Å². The molecule has 2 rings (SSSR count). The summed E-state index contributed by atoms with van der Waals surface area (Å²) in [4.78, 5) is 18.9. The average Bonchev–Trinajstić information content (AvgIpc) is 2.63. The van der Waals surface area contributed by atoms with Crippen molar-refractivity contribution in [2.24, 2.45) is 4.99 Å². The number of hydrogen-bond acceptors (Lipinski definition) is 3. The van der Waals surface area contributed by atoms with Crippen molar-refractivity contribution in [3.05, 3.63) is 34.7 Å². The SMILES string of the molecule is CCNC(=NCCCCn1ccccc1=O)NC1CCN(C(C)C)CC1.I. The van der Waals surface area contributed by atoms with E-state index in [4.69, 9.17) is 4.99 Å². The molecule has 1 aliphatic heterocycles. The zero-order chi connectivity index (χ0) is 18.8. The predicted octanol–water partition coefficient (Wildman–Crippen LogP) is 2.67. The van der Waals surface area contributed by atoms with Crippen LogP contribution in [-0.4, -0.2) is 53.7 Å². The van der Waals surface area contributed by atoms with Gasteiger partial charge in [0.05, 0.1) is 0 Å². The summed E-state index contributed by atoms with van der Waals surface area (Å²) >= 11 is 0. The lowest BCUT2D eigenvalue weighted by Crippen LogP contribution is -2.49. The number of aromatic nitrogens is 1. The Labute approximate surface area is 180 Å². The molecule has 0 bridgehead atoms. The van der Waals surface area contributed by atoms with E-state index in [1.165, 1.54) is 12.8 Å². The molecule has 27 heavy (non-hydrogen) atoms. The van der Waals surface area contributed by atoms with Gasteiger partial charge < -0.3 is 20.1 Å². The average molecular weight is 489 g/mol. The quantitative estimate of drug-likeness (QED) is 0.255. The predicted molar refractivity (Wildman–Crippen MR) is 124 cm³/mol. The fourth-order valence-corrected chi connectivity index (χ4v) is 3.30. The summed E-state index contributed by atoms with van der Waals surface area (Å²) in [6.45, 7) is 11.3. The van der Waals surface area contributed by atoms with Gasteiger partial charge in [-0.05, 0) is 52.5 Å². The van der Waals surface area contributed by atoms with Gasteiger partial charge in [-0.25, -0.2) is 0 Å². The van der Waals surface area contributed by atoms with Crippen molar-refractivity contribution in [3.8, 4) is 0 Å². The van der Waals surface area contributed by atoms with E-state index in [2.05, 4.69) is 36.3 Å². The molecule has 1 fully saturated rings. The molecule has 1 aromatic rings. The normalized spacial score (nSPS) is 16.2. The number of aliphatic imine (C=N–C) groups is 1. The van der Waals surface area contributed by atoms with Crippen LogP contribution in [0.2, 0.25) is 0 Å². The smallest absolute Gasteiger partial charge is 0.250 e. The Morgan fingerprint density at radius 1 is 1.26 bits per heavy atom. The summed E-state index contributed by atoms with van der Waals surface area (Å²) in [7, 11) is 0. The molecule has 2 N–H and O–H groups in total. The van der Waals surface area contributed by atoms with Gasteiger partial charge >= 0.3 is 0 Å². The van der Waals surface area contributed by atoms with Crippen LogP contribution < -0.4 is 16.2 Å². The van der Waals surface area contributed by atoms with Gasteiger partial charge in [-0.1, -0.05) is 6.07 Å². The molecule has 2 heterocycles. The molecule has 1 aliphatic rings. The number of unbranched alkanes of at least 4 members (excludes halogenated alkanes) is 1. The Balaban J connectivity index is 0.00000364. The van der Waals surface area contributed by atoms with Crippen molar-refractivity contribution in [1.82, 2.24) is 20.1 Å². The first-order valence-electron chi connectivity index (χ1n) is 10.0. The number of pyridine rings is 1. The molecule has 7 heteroatoms. The Kier molecular flexibility index (Phi) is 11.7. The molecule has 0 spiro atoms. The zero-order valence-corrected chi connectivity index (χ0v) is 19.3. The first-order valence-corrected chi connectivity index (χ1v) is 10.0. The molecule has 0 unspecified atom stereocenters. The third kappa shape index (κ3) is 8.64. The van der Waals surface area contributed by atoms with Crippen LogP contribution in [-0.2, 0) is 6.54 Å². The second-order valence-corrected chi connectivity index (χ2v) is 7.25. The van der Waals surface area contributed by atoms with Crippen molar-refractivity contribution < 1.29 is 0 Å². The standard InChI is InChI=1S/C20H35N5O.HI/c1-4-21-20(23-18-10-15-24(16-11-18)17(2)3)22-12-6-8-14-25-13-7-5-9-19(25)26;/h5,7,9,13,17-18H,4,6,8,10-12,14-16H2,1-3H3,(H2,21,22,23);1H. The summed E-state index contributed by atoms with van der Waals surface area (Å²) in [5, 5.41) is 6.94. The Morgan fingerprint density at radius 2 is 2.00 bits per heavy atom. The highest BCUT2D eigenvalue weighted by Gasteiger charge is 2.21. The highest BCUT2D eigenvalue weighted by atomic mass is 127. The lowest BCUT2D eigenvalue weighted by molar-refractivity contribution is 0.167.